The number of hydrogen-bond donors (Lipinski definition) is 0. The summed E-state index contributed by atoms with van der Waals surface area (Å²) in [5.41, 5.74) is 6.79. The highest BCUT2D eigenvalue weighted by Crippen LogP contribution is 2.25. The van der Waals surface area contributed by atoms with Gasteiger partial charge in [0, 0.05) is 38.6 Å². The van der Waals surface area contributed by atoms with E-state index in [0.717, 1.165) is 24.8 Å². The summed E-state index contributed by atoms with van der Waals surface area (Å²) in [6, 6.07) is 15.3. The maximum atomic E-state index is 3.90. The van der Waals surface area contributed by atoms with Crippen molar-refractivity contribution < 1.29 is 0 Å². The van der Waals surface area contributed by atoms with E-state index in [-0.39, 0.29) is 0 Å². The molecule has 2 aromatic rings. The fraction of sp³-hybridized carbons (Fsp3) is 0.600. The van der Waals surface area contributed by atoms with Gasteiger partial charge in [0.25, 0.3) is 0 Å². The highest BCUT2D eigenvalue weighted by molar-refractivity contribution is 5.66. The summed E-state index contributed by atoms with van der Waals surface area (Å²) in [6.45, 7) is 19.8. The Morgan fingerprint density at radius 3 is 1.78 bits per heavy atom. The Morgan fingerprint density at radius 1 is 0.757 bits per heavy atom. The van der Waals surface area contributed by atoms with Gasteiger partial charge in [0.2, 0.25) is 0 Å². The lowest BCUT2D eigenvalue weighted by atomic mass is 9.98. The molecule has 2 unspecified atom stereocenters. The van der Waals surface area contributed by atoms with E-state index in [1.54, 1.807) is 0 Å². The molecule has 0 aliphatic carbocycles. The third-order valence-electron chi connectivity index (χ3n) is 7.75. The second-order valence-corrected chi connectivity index (χ2v) is 10.8. The van der Waals surface area contributed by atoms with Crippen molar-refractivity contribution in [3.05, 3.63) is 65.7 Å². The number of unbranched alkanes of at least 4 members (excludes halogenated alkanes) is 2. The first-order valence-corrected chi connectivity index (χ1v) is 15.1. The summed E-state index contributed by atoms with van der Waals surface area (Å²) in [7, 11) is 4.44. The summed E-state index contributed by atoms with van der Waals surface area (Å²) in [5, 5.41) is 0. The molecule has 0 saturated carbocycles. The van der Waals surface area contributed by atoms with Crippen molar-refractivity contribution in [3.8, 4) is 0 Å². The standard InChI is InChI=1S/C18H31N.C17H27N/c1-6-9-10-16(7-2)14-19(5)18-12-11-15(4)13-17(18)8-3;1-5-8-11-15(6-2)14-18(4)17-13-10-9-12-16(17)7-3/h11-13,16H,6-10,14H2,1-5H3;7,9-10,12-13,15H,3,5-6,8,11,14H2,1-2,4H3. The summed E-state index contributed by atoms with van der Waals surface area (Å²) < 4.78 is 0. The van der Waals surface area contributed by atoms with Crippen molar-refractivity contribution in [3.63, 3.8) is 0 Å². The maximum absolute atomic E-state index is 3.90. The second kappa shape index (κ2) is 18.9. The van der Waals surface area contributed by atoms with E-state index in [2.05, 4.69) is 114 Å². The number of aryl methyl sites for hydroxylation is 2. The van der Waals surface area contributed by atoms with Gasteiger partial charge in [-0.3, -0.25) is 0 Å². The van der Waals surface area contributed by atoms with Gasteiger partial charge < -0.3 is 9.80 Å². The molecule has 0 spiro atoms. The van der Waals surface area contributed by atoms with Crippen molar-refractivity contribution in [2.45, 2.75) is 99.3 Å². The molecule has 2 aromatic carbocycles. The van der Waals surface area contributed by atoms with Gasteiger partial charge in [0.1, 0.15) is 0 Å². The lowest BCUT2D eigenvalue weighted by Crippen LogP contribution is -2.26. The highest BCUT2D eigenvalue weighted by atomic mass is 15.1. The first-order valence-electron chi connectivity index (χ1n) is 15.1. The maximum Gasteiger partial charge on any atom is 0.0437 e. The molecule has 0 aromatic heterocycles. The lowest BCUT2D eigenvalue weighted by Gasteiger charge is -2.27. The smallest absolute Gasteiger partial charge is 0.0437 e. The third kappa shape index (κ3) is 11.8. The number of anilines is 2. The molecule has 2 atom stereocenters. The zero-order valence-electron chi connectivity index (χ0n) is 25.7. The van der Waals surface area contributed by atoms with Crippen LogP contribution in [-0.2, 0) is 6.42 Å². The quantitative estimate of drug-likeness (QED) is 0.223. The van der Waals surface area contributed by atoms with Gasteiger partial charge in [-0.2, -0.15) is 0 Å². The number of nitrogens with zero attached hydrogens (tertiary/aromatic N) is 2. The van der Waals surface area contributed by atoms with Crippen LogP contribution in [-0.4, -0.2) is 27.2 Å². The van der Waals surface area contributed by atoms with Crippen molar-refractivity contribution in [1.29, 1.82) is 0 Å². The van der Waals surface area contributed by atoms with Crippen LogP contribution in [0.25, 0.3) is 6.08 Å². The van der Waals surface area contributed by atoms with Crippen LogP contribution in [0.1, 0.15) is 103 Å². The van der Waals surface area contributed by atoms with E-state index < -0.39 is 0 Å². The zero-order chi connectivity index (χ0) is 27.6. The first-order chi connectivity index (χ1) is 17.8. The molecule has 2 rings (SSSR count). The Balaban J connectivity index is 0.000000371. The molecule has 0 fully saturated rings. The normalized spacial score (nSPS) is 12.3. The molecule has 0 radical (unpaired) electrons. The average Bonchev–Trinajstić information content (AvgIpc) is 2.93. The Morgan fingerprint density at radius 2 is 1.30 bits per heavy atom. The minimum Gasteiger partial charge on any atom is -0.374 e. The molecule has 2 nitrogen and oxygen atoms in total. The molecule has 0 aliphatic rings. The van der Waals surface area contributed by atoms with Crippen LogP contribution in [0, 0.1) is 18.8 Å². The Bertz CT molecular complexity index is 871. The van der Waals surface area contributed by atoms with E-state index in [4.69, 9.17) is 0 Å². The van der Waals surface area contributed by atoms with Gasteiger partial charge in [0.05, 0.1) is 0 Å². The van der Waals surface area contributed by atoms with E-state index in [1.807, 2.05) is 6.08 Å². The number of rotatable bonds is 16. The Kier molecular flexibility index (Phi) is 16.8. The molecule has 0 heterocycles. The minimum atomic E-state index is 0.799. The van der Waals surface area contributed by atoms with Crippen LogP contribution in [0.5, 0.6) is 0 Å². The molecular weight excluding hydrogens is 448 g/mol. The zero-order valence-corrected chi connectivity index (χ0v) is 25.7. The molecule has 0 aliphatic heterocycles. The van der Waals surface area contributed by atoms with Crippen LogP contribution in [0.4, 0.5) is 11.4 Å². The van der Waals surface area contributed by atoms with Crippen molar-refractivity contribution in [2.24, 2.45) is 11.8 Å². The van der Waals surface area contributed by atoms with Gasteiger partial charge in [-0.1, -0.05) is 122 Å². The third-order valence-corrected chi connectivity index (χ3v) is 7.75. The summed E-state index contributed by atoms with van der Waals surface area (Å²) in [4.78, 5) is 4.84. The molecule has 0 amide bonds. The van der Waals surface area contributed by atoms with Crippen LogP contribution in [0.2, 0.25) is 0 Å². The van der Waals surface area contributed by atoms with Crippen LogP contribution < -0.4 is 9.80 Å². The number of para-hydroxylation sites is 1. The second-order valence-electron chi connectivity index (χ2n) is 10.8. The van der Waals surface area contributed by atoms with E-state index in [1.165, 1.54) is 86.0 Å². The summed E-state index contributed by atoms with van der Waals surface area (Å²) in [5.74, 6) is 1.63. The SMILES string of the molecule is C=Cc1ccccc1N(C)CC(CC)CCCC.CCCCC(CC)CN(C)c1ccc(C)cc1CC. The molecule has 0 saturated heterocycles. The monoisotopic (exact) mass is 506 g/mol. The predicted molar refractivity (Wildman–Crippen MR) is 170 cm³/mol. The number of benzene rings is 2. The lowest BCUT2D eigenvalue weighted by molar-refractivity contribution is 0.453. The fourth-order valence-electron chi connectivity index (χ4n) is 5.18. The van der Waals surface area contributed by atoms with Crippen LogP contribution in [0.15, 0.2) is 49.0 Å². The first kappa shape index (κ1) is 32.8. The van der Waals surface area contributed by atoms with E-state index in [0.29, 0.717) is 0 Å². The van der Waals surface area contributed by atoms with Crippen LogP contribution >= 0.6 is 0 Å². The molecular formula is C35H58N2. The molecule has 208 valence electrons. The number of hydrogen-bond acceptors (Lipinski definition) is 2. The predicted octanol–water partition coefficient (Wildman–Crippen LogP) is 10.2. The van der Waals surface area contributed by atoms with Gasteiger partial charge in [-0.25, -0.2) is 0 Å². The van der Waals surface area contributed by atoms with Crippen molar-refractivity contribution in [2.75, 3.05) is 37.0 Å². The van der Waals surface area contributed by atoms with E-state index >= 15 is 0 Å². The van der Waals surface area contributed by atoms with Crippen molar-refractivity contribution >= 4 is 17.5 Å². The van der Waals surface area contributed by atoms with Crippen molar-refractivity contribution in [1.82, 2.24) is 0 Å². The largest absolute Gasteiger partial charge is 0.374 e. The average molecular weight is 507 g/mol. The summed E-state index contributed by atoms with van der Waals surface area (Å²) >= 11 is 0. The van der Waals surface area contributed by atoms with Crippen LogP contribution in [0.3, 0.4) is 0 Å². The van der Waals surface area contributed by atoms with Gasteiger partial charge in [-0.15, -0.1) is 0 Å². The molecule has 2 heteroatoms. The molecule has 0 bridgehead atoms. The molecule has 37 heavy (non-hydrogen) atoms. The minimum absolute atomic E-state index is 0.799. The Hall–Kier alpha value is -2.22. The Labute approximate surface area is 231 Å². The van der Waals surface area contributed by atoms with Gasteiger partial charge in [-0.05, 0) is 61.3 Å². The van der Waals surface area contributed by atoms with Gasteiger partial charge >= 0.3 is 0 Å². The molecule has 0 N–H and O–H groups in total. The van der Waals surface area contributed by atoms with E-state index in [9.17, 15) is 0 Å². The highest BCUT2D eigenvalue weighted by Gasteiger charge is 2.13. The topological polar surface area (TPSA) is 6.48 Å². The van der Waals surface area contributed by atoms with Gasteiger partial charge in [0.15, 0.2) is 0 Å². The summed E-state index contributed by atoms with van der Waals surface area (Å²) in [6.07, 6.45) is 13.6. The fourth-order valence-corrected chi connectivity index (χ4v) is 5.18.